The van der Waals surface area contributed by atoms with Crippen LogP contribution >= 0.6 is 0 Å². The molecule has 0 spiro atoms. The normalized spacial score (nSPS) is 17.8. The van der Waals surface area contributed by atoms with Crippen LogP contribution in [0.2, 0.25) is 0 Å². The van der Waals surface area contributed by atoms with Gasteiger partial charge in [-0.05, 0) is 19.3 Å². The van der Waals surface area contributed by atoms with Crippen molar-refractivity contribution in [2.75, 3.05) is 13.1 Å². The smallest absolute Gasteiger partial charge is 0.232 e. The van der Waals surface area contributed by atoms with Crippen molar-refractivity contribution in [2.24, 2.45) is 10.7 Å². The lowest BCUT2D eigenvalue weighted by Crippen LogP contribution is -2.40. The van der Waals surface area contributed by atoms with Gasteiger partial charge in [0.05, 0.1) is 0 Å². The van der Waals surface area contributed by atoms with Crippen LogP contribution in [-0.4, -0.2) is 34.1 Å². The van der Waals surface area contributed by atoms with E-state index in [9.17, 15) is 0 Å². The molecule has 6 nitrogen and oxygen atoms in total. The molecule has 2 rings (SSSR count). The second-order valence-corrected chi connectivity index (χ2v) is 5.99. The fraction of sp³-hybridized carbons (Fsp3) is 0.769. The van der Waals surface area contributed by atoms with Crippen LogP contribution in [0.3, 0.4) is 0 Å². The number of aliphatic imine (C=N–C) groups is 1. The minimum absolute atomic E-state index is 0.132. The molecule has 0 bridgehead atoms. The van der Waals surface area contributed by atoms with Crippen LogP contribution in [0, 0.1) is 0 Å². The molecular weight excluding hydrogens is 242 g/mol. The Morgan fingerprint density at radius 3 is 2.58 bits per heavy atom. The summed E-state index contributed by atoms with van der Waals surface area (Å²) >= 11 is 0. The summed E-state index contributed by atoms with van der Waals surface area (Å²) in [6, 6.07) is 0. The minimum Gasteiger partial charge on any atom is -0.370 e. The average Bonchev–Trinajstić information content (AvgIpc) is 2.86. The fourth-order valence-electron chi connectivity index (χ4n) is 2.00. The van der Waals surface area contributed by atoms with E-state index < -0.39 is 0 Å². The summed E-state index contributed by atoms with van der Waals surface area (Å²) in [5.41, 5.74) is 5.85. The van der Waals surface area contributed by atoms with Gasteiger partial charge in [-0.2, -0.15) is 4.98 Å². The molecule has 0 radical (unpaired) electrons. The molecule has 0 atom stereocenters. The molecule has 1 aliphatic heterocycles. The first-order valence-corrected chi connectivity index (χ1v) is 6.85. The highest BCUT2D eigenvalue weighted by Gasteiger charge is 2.21. The van der Waals surface area contributed by atoms with Gasteiger partial charge in [-0.25, -0.2) is 4.99 Å². The first-order valence-electron chi connectivity index (χ1n) is 6.85. The second kappa shape index (κ2) is 5.59. The fourth-order valence-corrected chi connectivity index (χ4v) is 2.00. The van der Waals surface area contributed by atoms with Crippen LogP contribution in [0.25, 0.3) is 0 Å². The van der Waals surface area contributed by atoms with Crippen LogP contribution in [0.1, 0.15) is 51.7 Å². The van der Waals surface area contributed by atoms with E-state index in [1.165, 1.54) is 19.3 Å². The summed E-state index contributed by atoms with van der Waals surface area (Å²) in [5.74, 6) is 1.81. The number of piperidine rings is 1. The van der Waals surface area contributed by atoms with Crippen molar-refractivity contribution in [1.82, 2.24) is 15.0 Å². The van der Waals surface area contributed by atoms with Gasteiger partial charge in [0.1, 0.15) is 6.54 Å². The Morgan fingerprint density at radius 2 is 2.00 bits per heavy atom. The van der Waals surface area contributed by atoms with E-state index in [1.54, 1.807) is 0 Å². The number of nitrogens with two attached hydrogens (primary N) is 1. The van der Waals surface area contributed by atoms with Crippen molar-refractivity contribution in [3.63, 3.8) is 0 Å². The molecule has 2 heterocycles. The monoisotopic (exact) mass is 265 g/mol. The van der Waals surface area contributed by atoms with Gasteiger partial charge in [0, 0.05) is 18.5 Å². The Hall–Kier alpha value is -1.59. The van der Waals surface area contributed by atoms with Crippen molar-refractivity contribution < 1.29 is 4.52 Å². The van der Waals surface area contributed by atoms with Crippen LogP contribution in [0.5, 0.6) is 0 Å². The molecule has 1 aromatic rings. The van der Waals surface area contributed by atoms with E-state index in [-0.39, 0.29) is 5.41 Å². The molecule has 0 unspecified atom stereocenters. The van der Waals surface area contributed by atoms with Crippen LogP contribution in [0.4, 0.5) is 0 Å². The van der Waals surface area contributed by atoms with Crippen molar-refractivity contribution >= 4 is 5.96 Å². The highest BCUT2D eigenvalue weighted by molar-refractivity contribution is 5.78. The molecule has 19 heavy (non-hydrogen) atoms. The highest BCUT2D eigenvalue weighted by Crippen LogP contribution is 2.19. The van der Waals surface area contributed by atoms with Gasteiger partial charge >= 0.3 is 0 Å². The lowest BCUT2D eigenvalue weighted by atomic mass is 9.97. The van der Waals surface area contributed by atoms with E-state index in [0.29, 0.717) is 24.2 Å². The predicted octanol–water partition coefficient (Wildman–Crippen LogP) is 1.67. The third kappa shape index (κ3) is 3.68. The topological polar surface area (TPSA) is 80.5 Å². The van der Waals surface area contributed by atoms with Gasteiger partial charge in [-0.1, -0.05) is 25.9 Å². The summed E-state index contributed by atoms with van der Waals surface area (Å²) in [4.78, 5) is 10.8. The maximum Gasteiger partial charge on any atom is 0.232 e. The van der Waals surface area contributed by atoms with Gasteiger partial charge in [-0.15, -0.1) is 0 Å². The van der Waals surface area contributed by atoms with Crippen molar-refractivity contribution in [3.05, 3.63) is 11.7 Å². The zero-order valence-corrected chi connectivity index (χ0v) is 12.0. The van der Waals surface area contributed by atoms with Crippen LogP contribution < -0.4 is 5.73 Å². The number of guanidine groups is 1. The zero-order valence-electron chi connectivity index (χ0n) is 12.0. The Morgan fingerprint density at radius 1 is 1.32 bits per heavy atom. The van der Waals surface area contributed by atoms with Crippen LogP contribution in [-0.2, 0) is 12.0 Å². The standard InChI is InChI=1S/C13H23N5O/c1-13(2,3)11-16-10(17-19-11)9-15-12(14)18-7-5-4-6-8-18/h4-9H2,1-3H3,(H2,14,15). The molecule has 1 aliphatic rings. The number of nitrogens with zero attached hydrogens (tertiary/aromatic N) is 4. The quantitative estimate of drug-likeness (QED) is 0.650. The van der Waals surface area contributed by atoms with Gasteiger partial charge in [0.25, 0.3) is 0 Å². The molecule has 0 amide bonds. The van der Waals surface area contributed by atoms with E-state index in [1.807, 2.05) is 20.8 Å². The van der Waals surface area contributed by atoms with Crippen molar-refractivity contribution in [2.45, 2.75) is 52.0 Å². The van der Waals surface area contributed by atoms with E-state index in [2.05, 4.69) is 20.0 Å². The zero-order chi connectivity index (χ0) is 13.9. The molecule has 1 aromatic heterocycles. The molecule has 0 aliphatic carbocycles. The van der Waals surface area contributed by atoms with Crippen molar-refractivity contribution in [3.8, 4) is 0 Å². The molecule has 106 valence electrons. The lowest BCUT2D eigenvalue weighted by molar-refractivity contribution is 0.318. The third-order valence-corrected chi connectivity index (χ3v) is 3.17. The van der Waals surface area contributed by atoms with Gasteiger partial charge < -0.3 is 15.2 Å². The minimum atomic E-state index is -0.132. The largest absolute Gasteiger partial charge is 0.370 e. The summed E-state index contributed by atoms with van der Waals surface area (Å²) < 4.78 is 5.22. The number of likely N-dealkylation sites (tertiary alicyclic amines) is 1. The maximum absolute atomic E-state index is 5.98. The predicted molar refractivity (Wildman–Crippen MR) is 73.7 cm³/mol. The average molecular weight is 265 g/mol. The Labute approximate surface area is 114 Å². The lowest BCUT2D eigenvalue weighted by Gasteiger charge is -2.27. The molecule has 1 saturated heterocycles. The molecule has 0 aromatic carbocycles. The summed E-state index contributed by atoms with van der Waals surface area (Å²) in [6.45, 7) is 8.48. The van der Waals surface area contributed by atoms with E-state index in [4.69, 9.17) is 10.3 Å². The first kappa shape index (κ1) is 13.8. The molecule has 1 fully saturated rings. The van der Waals surface area contributed by atoms with Gasteiger partial charge in [0.2, 0.25) is 5.89 Å². The Kier molecular flexibility index (Phi) is 4.07. The third-order valence-electron chi connectivity index (χ3n) is 3.17. The van der Waals surface area contributed by atoms with E-state index in [0.717, 1.165) is 13.1 Å². The summed E-state index contributed by atoms with van der Waals surface area (Å²) in [7, 11) is 0. The number of aromatic nitrogens is 2. The van der Waals surface area contributed by atoms with Gasteiger partial charge in [-0.3, -0.25) is 0 Å². The molecular formula is C13H23N5O. The Balaban J connectivity index is 1.95. The number of hydrogen-bond donors (Lipinski definition) is 1. The highest BCUT2D eigenvalue weighted by atomic mass is 16.5. The van der Waals surface area contributed by atoms with Crippen molar-refractivity contribution in [1.29, 1.82) is 0 Å². The summed E-state index contributed by atoms with van der Waals surface area (Å²) in [5, 5.41) is 3.93. The second-order valence-electron chi connectivity index (χ2n) is 5.99. The first-order chi connectivity index (χ1) is 8.97. The van der Waals surface area contributed by atoms with E-state index >= 15 is 0 Å². The Bertz CT molecular complexity index is 440. The molecule has 0 saturated carbocycles. The maximum atomic E-state index is 5.98. The van der Waals surface area contributed by atoms with Gasteiger partial charge in [0.15, 0.2) is 11.8 Å². The number of hydrogen-bond acceptors (Lipinski definition) is 4. The number of rotatable bonds is 2. The van der Waals surface area contributed by atoms with Crippen LogP contribution in [0.15, 0.2) is 9.52 Å². The molecule has 2 N–H and O–H groups in total. The molecule has 6 heteroatoms. The summed E-state index contributed by atoms with van der Waals surface area (Å²) in [6.07, 6.45) is 3.66. The SMILES string of the molecule is CC(C)(C)c1nc(CN=C(N)N2CCCCC2)no1.